The largest absolute Gasteiger partial charge is 0.307 e. The first kappa shape index (κ1) is 13.5. The fourth-order valence-electron chi connectivity index (χ4n) is 2.01. The number of halogens is 1. The van der Waals surface area contributed by atoms with Gasteiger partial charge in [-0.1, -0.05) is 19.9 Å². The molecule has 0 aliphatic rings. The zero-order valence-electron chi connectivity index (χ0n) is 11.3. The molecule has 1 N–H and O–H groups in total. The van der Waals surface area contributed by atoms with E-state index in [0.717, 1.165) is 17.7 Å². The number of hydrogen-bond donors (Lipinski definition) is 1. The third kappa shape index (κ3) is 3.28. The quantitative estimate of drug-likeness (QED) is 0.921. The van der Waals surface area contributed by atoms with E-state index in [1.807, 2.05) is 6.92 Å². The zero-order valence-corrected chi connectivity index (χ0v) is 11.3. The van der Waals surface area contributed by atoms with E-state index in [9.17, 15) is 9.18 Å². The van der Waals surface area contributed by atoms with Gasteiger partial charge in [-0.15, -0.1) is 0 Å². The van der Waals surface area contributed by atoms with Crippen molar-refractivity contribution < 1.29 is 4.39 Å². The van der Waals surface area contributed by atoms with Crippen LogP contribution in [0.1, 0.15) is 25.1 Å². The van der Waals surface area contributed by atoms with Gasteiger partial charge >= 0.3 is 0 Å². The van der Waals surface area contributed by atoms with Crippen LogP contribution >= 0.6 is 0 Å². The lowest BCUT2D eigenvalue weighted by Crippen LogP contribution is -2.12. The van der Waals surface area contributed by atoms with Crippen LogP contribution in [-0.4, -0.2) is 9.97 Å². The van der Waals surface area contributed by atoms with Crippen molar-refractivity contribution in [2.45, 2.75) is 27.2 Å². The Bertz CT molecular complexity index is 647. The molecule has 0 radical (unpaired) electrons. The van der Waals surface area contributed by atoms with E-state index in [-0.39, 0.29) is 11.4 Å². The number of aryl methyl sites for hydroxylation is 1. The molecule has 0 aliphatic heterocycles. The second kappa shape index (κ2) is 5.34. The number of rotatable bonds is 3. The second-order valence-corrected chi connectivity index (χ2v) is 5.14. The zero-order chi connectivity index (χ0) is 14.0. The Balaban J connectivity index is 2.53. The van der Waals surface area contributed by atoms with Gasteiger partial charge in [0, 0.05) is 17.3 Å². The smallest absolute Gasteiger partial charge is 0.251 e. The lowest BCUT2D eigenvalue weighted by molar-refractivity contribution is 0.626. The van der Waals surface area contributed by atoms with Crippen molar-refractivity contribution in [3.8, 4) is 11.4 Å². The molecule has 0 unspecified atom stereocenters. The van der Waals surface area contributed by atoms with Gasteiger partial charge in [0.1, 0.15) is 11.6 Å². The molecule has 0 amide bonds. The highest BCUT2D eigenvalue weighted by Gasteiger charge is 2.09. The summed E-state index contributed by atoms with van der Waals surface area (Å²) in [6.45, 7) is 6.00. The van der Waals surface area contributed by atoms with Gasteiger partial charge in [0.05, 0.1) is 0 Å². The predicted molar refractivity (Wildman–Crippen MR) is 73.5 cm³/mol. The van der Waals surface area contributed by atoms with Crippen molar-refractivity contribution in [2.75, 3.05) is 0 Å². The average Bonchev–Trinajstić information content (AvgIpc) is 2.30. The van der Waals surface area contributed by atoms with Crippen LogP contribution in [0.2, 0.25) is 0 Å². The first-order chi connectivity index (χ1) is 8.95. The van der Waals surface area contributed by atoms with Crippen molar-refractivity contribution >= 4 is 0 Å². The number of hydrogen-bond acceptors (Lipinski definition) is 2. The molecule has 0 aliphatic carbocycles. The highest BCUT2D eigenvalue weighted by molar-refractivity contribution is 5.59. The van der Waals surface area contributed by atoms with Crippen LogP contribution in [0.15, 0.2) is 29.1 Å². The molecule has 0 atom stereocenters. The summed E-state index contributed by atoms with van der Waals surface area (Å²) in [6.07, 6.45) is 0.727. The van der Waals surface area contributed by atoms with E-state index in [2.05, 4.69) is 23.8 Å². The summed E-state index contributed by atoms with van der Waals surface area (Å²) >= 11 is 0. The summed E-state index contributed by atoms with van der Waals surface area (Å²) in [6, 6.07) is 5.97. The summed E-state index contributed by atoms with van der Waals surface area (Å²) < 4.78 is 13.3. The molecule has 1 aromatic carbocycles. The number of nitrogens with one attached hydrogen (secondary N) is 1. The third-order valence-corrected chi connectivity index (χ3v) is 2.87. The van der Waals surface area contributed by atoms with E-state index in [1.54, 1.807) is 6.07 Å². The topological polar surface area (TPSA) is 45.8 Å². The molecule has 0 saturated heterocycles. The van der Waals surface area contributed by atoms with Crippen LogP contribution in [0.3, 0.4) is 0 Å². The van der Waals surface area contributed by atoms with Crippen LogP contribution in [0.4, 0.5) is 4.39 Å². The third-order valence-electron chi connectivity index (χ3n) is 2.87. The van der Waals surface area contributed by atoms with Gasteiger partial charge in [0.2, 0.25) is 0 Å². The molecule has 0 bridgehead atoms. The molecule has 4 heteroatoms. The molecule has 0 spiro atoms. The van der Waals surface area contributed by atoms with Gasteiger partial charge in [-0.25, -0.2) is 9.37 Å². The lowest BCUT2D eigenvalue weighted by atomic mass is 10.1. The van der Waals surface area contributed by atoms with Crippen LogP contribution in [0.25, 0.3) is 11.4 Å². The normalized spacial score (nSPS) is 11.0. The molecular formula is C15H17FN2O. The van der Waals surface area contributed by atoms with Gasteiger partial charge in [-0.2, -0.15) is 0 Å². The molecule has 0 fully saturated rings. The monoisotopic (exact) mass is 260 g/mol. The maximum atomic E-state index is 13.3. The Labute approximate surface area is 111 Å². The molecule has 3 nitrogen and oxygen atoms in total. The average molecular weight is 260 g/mol. The molecule has 2 rings (SSSR count). The molecule has 1 aromatic heterocycles. The van der Waals surface area contributed by atoms with Crippen LogP contribution in [-0.2, 0) is 6.42 Å². The maximum Gasteiger partial charge on any atom is 0.251 e. The minimum Gasteiger partial charge on any atom is -0.307 e. The van der Waals surface area contributed by atoms with E-state index in [0.29, 0.717) is 17.3 Å². The van der Waals surface area contributed by atoms with Crippen LogP contribution in [0.5, 0.6) is 0 Å². The molecule has 100 valence electrons. The highest BCUT2D eigenvalue weighted by Crippen LogP contribution is 2.20. The van der Waals surface area contributed by atoms with E-state index < -0.39 is 0 Å². The number of nitrogens with zero attached hydrogens (tertiary/aromatic N) is 1. The molecule has 19 heavy (non-hydrogen) atoms. The van der Waals surface area contributed by atoms with Gasteiger partial charge in [0.25, 0.3) is 5.56 Å². The molecule has 2 aromatic rings. The van der Waals surface area contributed by atoms with Crippen molar-refractivity contribution in [1.82, 2.24) is 9.97 Å². The lowest BCUT2D eigenvalue weighted by Gasteiger charge is -2.08. The number of benzene rings is 1. The second-order valence-electron chi connectivity index (χ2n) is 5.14. The minimum atomic E-state index is -0.336. The Hall–Kier alpha value is -1.97. The fraction of sp³-hybridized carbons (Fsp3) is 0.333. The molecule has 1 heterocycles. The number of aromatic nitrogens is 2. The Kier molecular flexibility index (Phi) is 3.79. The van der Waals surface area contributed by atoms with E-state index in [1.165, 1.54) is 18.2 Å². The maximum absolute atomic E-state index is 13.3. The summed E-state index contributed by atoms with van der Waals surface area (Å²) in [4.78, 5) is 18.8. The Morgan fingerprint density at radius 3 is 2.74 bits per heavy atom. The van der Waals surface area contributed by atoms with Crippen molar-refractivity contribution in [1.29, 1.82) is 0 Å². The molecule has 0 saturated carbocycles. The predicted octanol–water partition coefficient (Wildman–Crippen LogP) is 3.08. The van der Waals surface area contributed by atoms with Crippen molar-refractivity contribution in [3.63, 3.8) is 0 Å². The van der Waals surface area contributed by atoms with E-state index in [4.69, 9.17) is 0 Å². The Morgan fingerprint density at radius 2 is 2.05 bits per heavy atom. The fourth-order valence-corrected chi connectivity index (χ4v) is 2.01. The minimum absolute atomic E-state index is 0.204. The SMILES string of the molecule is Cc1ccc(F)cc1-c1nc(CC(C)C)cc(=O)[nH]1. The first-order valence-electron chi connectivity index (χ1n) is 6.32. The van der Waals surface area contributed by atoms with Gasteiger partial charge in [-0.3, -0.25) is 4.79 Å². The number of H-pyrrole nitrogens is 1. The Morgan fingerprint density at radius 1 is 1.32 bits per heavy atom. The van der Waals surface area contributed by atoms with E-state index >= 15 is 0 Å². The number of aromatic amines is 1. The molecular weight excluding hydrogens is 243 g/mol. The van der Waals surface area contributed by atoms with Crippen molar-refractivity contribution in [3.05, 3.63) is 51.7 Å². The van der Waals surface area contributed by atoms with Crippen LogP contribution < -0.4 is 5.56 Å². The van der Waals surface area contributed by atoms with Crippen molar-refractivity contribution in [2.24, 2.45) is 5.92 Å². The van der Waals surface area contributed by atoms with Gasteiger partial charge < -0.3 is 4.98 Å². The van der Waals surface area contributed by atoms with Gasteiger partial charge in [-0.05, 0) is 37.0 Å². The standard InChI is InChI=1S/C15H17FN2O/c1-9(2)6-12-8-14(19)18-15(17-12)13-7-11(16)5-4-10(13)3/h4-5,7-9H,6H2,1-3H3,(H,17,18,19). The first-order valence-corrected chi connectivity index (χ1v) is 6.32. The summed E-state index contributed by atoms with van der Waals surface area (Å²) in [5.74, 6) is 0.508. The highest BCUT2D eigenvalue weighted by atomic mass is 19.1. The summed E-state index contributed by atoms with van der Waals surface area (Å²) in [5.41, 5.74) is 2.04. The summed E-state index contributed by atoms with van der Waals surface area (Å²) in [5, 5.41) is 0. The summed E-state index contributed by atoms with van der Waals surface area (Å²) in [7, 11) is 0. The van der Waals surface area contributed by atoms with Gasteiger partial charge in [0.15, 0.2) is 0 Å². The van der Waals surface area contributed by atoms with Crippen LogP contribution in [0, 0.1) is 18.7 Å².